The first-order valence-corrected chi connectivity index (χ1v) is 9.98. The lowest BCUT2D eigenvalue weighted by Crippen LogP contribution is -2.28. The third kappa shape index (κ3) is 3.63. The van der Waals surface area contributed by atoms with Gasteiger partial charge in [0.15, 0.2) is 5.65 Å². The van der Waals surface area contributed by atoms with Crippen molar-refractivity contribution in [3.63, 3.8) is 0 Å². The van der Waals surface area contributed by atoms with Crippen LogP contribution in [0.5, 0.6) is 0 Å². The molecule has 29 heavy (non-hydrogen) atoms. The first kappa shape index (κ1) is 17.9. The molecule has 1 aliphatic heterocycles. The highest BCUT2D eigenvalue weighted by Gasteiger charge is 2.27. The van der Waals surface area contributed by atoms with Gasteiger partial charge in [0.2, 0.25) is 0 Å². The number of hydrogen-bond donors (Lipinski definition) is 5. The molecule has 152 valence electrons. The summed E-state index contributed by atoms with van der Waals surface area (Å²) in [4.78, 5) is 27.9. The lowest BCUT2D eigenvalue weighted by Gasteiger charge is -2.18. The Bertz CT molecular complexity index is 1010. The maximum absolute atomic E-state index is 11.9. The number of fused-ring (bicyclic) bond motifs is 1. The second kappa shape index (κ2) is 7.03. The van der Waals surface area contributed by atoms with Gasteiger partial charge >= 0.3 is 6.03 Å². The summed E-state index contributed by atoms with van der Waals surface area (Å²) in [6.45, 7) is 0.860. The van der Waals surface area contributed by atoms with E-state index in [2.05, 4.69) is 31.3 Å². The van der Waals surface area contributed by atoms with E-state index in [4.69, 9.17) is 0 Å². The van der Waals surface area contributed by atoms with Crippen molar-refractivity contribution >= 4 is 35.3 Å². The van der Waals surface area contributed by atoms with E-state index >= 15 is 0 Å². The summed E-state index contributed by atoms with van der Waals surface area (Å²) in [6.07, 6.45) is 7.90. The molecule has 3 heterocycles. The van der Waals surface area contributed by atoms with E-state index in [1.807, 2.05) is 6.07 Å². The molecule has 2 aromatic rings. The molecule has 2 atom stereocenters. The minimum Gasteiger partial charge on any atom is -0.391 e. The Hall–Kier alpha value is -3.14. The number of aliphatic hydroxyl groups is 1. The van der Waals surface area contributed by atoms with Crippen LogP contribution in [0, 0.1) is 5.92 Å². The summed E-state index contributed by atoms with van der Waals surface area (Å²) in [5.41, 5.74) is 1.33. The standard InChI is InChI=1S/C19H23N7O3/c27-14-3-1-2-12(14)22-15-7-16(20-8-10-4-5-10)26-17(24-15)11(9-21-26)6-13-18(28)25-19(29)23-13/h6-7,9-10,12,14,20,27H,1-5,8H2,(H,22,24)(H2,23,25,28,29)/b13-6-/t12-,14-/m0/s1. The Morgan fingerprint density at radius 2 is 2.10 bits per heavy atom. The Kier molecular flexibility index (Phi) is 4.35. The highest BCUT2D eigenvalue weighted by molar-refractivity contribution is 6.14. The van der Waals surface area contributed by atoms with Crippen molar-refractivity contribution in [2.45, 2.75) is 44.2 Å². The van der Waals surface area contributed by atoms with Crippen molar-refractivity contribution in [2.75, 3.05) is 17.2 Å². The smallest absolute Gasteiger partial charge is 0.326 e. The summed E-state index contributed by atoms with van der Waals surface area (Å²) < 4.78 is 1.69. The lowest BCUT2D eigenvalue weighted by atomic mass is 10.2. The molecule has 5 rings (SSSR count). The highest BCUT2D eigenvalue weighted by atomic mass is 16.3. The number of carbonyl (C=O) groups excluding carboxylic acids is 2. The average molecular weight is 397 g/mol. The predicted octanol–water partition coefficient (Wildman–Crippen LogP) is 1.06. The largest absolute Gasteiger partial charge is 0.391 e. The minimum absolute atomic E-state index is 0.0362. The van der Waals surface area contributed by atoms with Gasteiger partial charge in [0.05, 0.1) is 18.3 Å². The third-order valence-corrected chi connectivity index (χ3v) is 5.60. The highest BCUT2D eigenvalue weighted by Crippen LogP contribution is 2.30. The zero-order valence-electron chi connectivity index (χ0n) is 15.8. The summed E-state index contributed by atoms with van der Waals surface area (Å²) in [6, 6.07) is 1.31. The molecule has 0 bridgehead atoms. The Morgan fingerprint density at radius 1 is 1.24 bits per heavy atom. The van der Waals surface area contributed by atoms with E-state index in [0.717, 1.165) is 31.6 Å². The van der Waals surface area contributed by atoms with Crippen molar-refractivity contribution in [1.29, 1.82) is 0 Å². The zero-order chi connectivity index (χ0) is 20.0. The molecule has 5 N–H and O–H groups in total. The Labute approximate surface area is 166 Å². The van der Waals surface area contributed by atoms with E-state index in [1.54, 1.807) is 16.8 Å². The van der Waals surface area contributed by atoms with Gasteiger partial charge in [-0.25, -0.2) is 9.78 Å². The van der Waals surface area contributed by atoms with E-state index in [-0.39, 0.29) is 17.8 Å². The summed E-state index contributed by atoms with van der Waals surface area (Å²) in [5.74, 6) is 1.63. The van der Waals surface area contributed by atoms with Gasteiger partial charge in [0, 0.05) is 18.2 Å². The monoisotopic (exact) mass is 397 g/mol. The van der Waals surface area contributed by atoms with Crippen LogP contribution in [0.4, 0.5) is 16.4 Å². The van der Waals surface area contributed by atoms with Crippen LogP contribution in [-0.2, 0) is 4.79 Å². The summed E-state index contributed by atoms with van der Waals surface area (Å²) >= 11 is 0. The van der Waals surface area contributed by atoms with Crippen LogP contribution < -0.4 is 21.3 Å². The van der Waals surface area contributed by atoms with Gasteiger partial charge in [0.25, 0.3) is 5.91 Å². The van der Waals surface area contributed by atoms with Crippen LogP contribution >= 0.6 is 0 Å². The normalized spacial score (nSPS) is 25.5. The number of hydrogen-bond acceptors (Lipinski definition) is 7. The molecule has 1 saturated heterocycles. The molecular formula is C19H23N7O3. The SMILES string of the molecule is O=C1NC(=O)/C(=C/c2cnn3c(NCC4CC4)cc(N[C@H]4CCC[C@@H]4O)nc23)N1. The molecule has 2 saturated carbocycles. The molecule has 0 spiro atoms. The molecule has 3 fully saturated rings. The number of aliphatic hydroxyl groups excluding tert-OH is 1. The first-order valence-electron chi connectivity index (χ1n) is 9.98. The maximum Gasteiger partial charge on any atom is 0.326 e. The number of nitrogens with zero attached hydrogens (tertiary/aromatic N) is 3. The van der Waals surface area contributed by atoms with E-state index in [9.17, 15) is 14.7 Å². The fourth-order valence-corrected chi connectivity index (χ4v) is 3.79. The number of imide groups is 1. The number of nitrogens with one attached hydrogen (secondary N) is 4. The van der Waals surface area contributed by atoms with Gasteiger partial charge in [-0.3, -0.25) is 10.1 Å². The molecule has 3 aliphatic rings. The van der Waals surface area contributed by atoms with E-state index < -0.39 is 11.9 Å². The predicted molar refractivity (Wildman–Crippen MR) is 106 cm³/mol. The topological polar surface area (TPSA) is 133 Å². The Balaban J connectivity index is 1.51. The van der Waals surface area contributed by atoms with Crippen LogP contribution in [0.15, 0.2) is 18.0 Å². The second-order valence-corrected chi connectivity index (χ2v) is 7.90. The fourth-order valence-electron chi connectivity index (χ4n) is 3.79. The molecule has 0 radical (unpaired) electrons. The molecule has 0 unspecified atom stereocenters. The van der Waals surface area contributed by atoms with Crippen LogP contribution in [0.3, 0.4) is 0 Å². The van der Waals surface area contributed by atoms with Crippen LogP contribution in [0.2, 0.25) is 0 Å². The van der Waals surface area contributed by atoms with Crippen molar-refractivity contribution in [1.82, 2.24) is 25.2 Å². The molecular weight excluding hydrogens is 374 g/mol. The summed E-state index contributed by atoms with van der Waals surface area (Å²) in [5, 5.41) is 26.0. The van der Waals surface area contributed by atoms with Gasteiger partial charge in [-0.1, -0.05) is 0 Å². The van der Waals surface area contributed by atoms with E-state index in [1.165, 1.54) is 12.8 Å². The summed E-state index contributed by atoms with van der Waals surface area (Å²) in [7, 11) is 0. The van der Waals surface area contributed by atoms with Gasteiger partial charge in [0.1, 0.15) is 17.3 Å². The second-order valence-electron chi connectivity index (χ2n) is 7.90. The number of urea groups is 1. The third-order valence-electron chi connectivity index (χ3n) is 5.60. The van der Waals surface area contributed by atoms with Crippen molar-refractivity contribution in [3.8, 4) is 0 Å². The first-order chi connectivity index (χ1) is 14.1. The van der Waals surface area contributed by atoms with Gasteiger partial charge in [-0.2, -0.15) is 9.61 Å². The number of carbonyl (C=O) groups is 2. The fraction of sp³-hybridized carbons (Fsp3) is 0.474. The van der Waals surface area contributed by atoms with E-state index in [0.29, 0.717) is 22.9 Å². The number of amides is 3. The van der Waals surface area contributed by atoms with Crippen molar-refractivity contribution in [3.05, 3.63) is 23.5 Å². The maximum atomic E-state index is 11.9. The van der Waals surface area contributed by atoms with Crippen molar-refractivity contribution in [2.24, 2.45) is 5.92 Å². The molecule has 3 amide bonds. The minimum atomic E-state index is -0.546. The van der Waals surface area contributed by atoms with Gasteiger partial charge < -0.3 is 21.1 Å². The van der Waals surface area contributed by atoms with Gasteiger partial charge in [-0.05, 0) is 44.1 Å². The lowest BCUT2D eigenvalue weighted by molar-refractivity contribution is -0.115. The number of anilines is 2. The van der Waals surface area contributed by atoms with Crippen molar-refractivity contribution < 1.29 is 14.7 Å². The van der Waals surface area contributed by atoms with Crippen LogP contribution in [0.1, 0.15) is 37.7 Å². The zero-order valence-corrected chi connectivity index (χ0v) is 15.8. The Morgan fingerprint density at radius 3 is 2.79 bits per heavy atom. The molecule has 10 nitrogen and oxygen atoms in total. The quantitative estimate of drug-likeness (QED) is 0.364. The average Bonchev–Trinajstić information content (AvgIpc) is 3.18. The number of rotatable bonds is 6. The molecule has 2 aliphatic carbocycles. The molecule has 0 aromatic carbocycles. The molecule has 10 heteroatoms. The van der Waals surface area contributed by atoms with Crippen LogP contribution in [0.25, 0.3) is 11.7 Å². The number of aromatic nitrogens is 3. The van der Waals surface area contributed by atoms with Gasteiger partial charge in [-0.15, -0.1) is 0 Å². The van der Waals surface area contributed by atoms with Crippen LogP contribution in [-0.4, -0.2) is 50.3 Å². The molecule has 2 aromatic heterocycles.